The standard InChI is InChI=1S/C14H10BrF3N2O/c15-9-2-4-13(12(18)6-9)20-14(21)19-7-8-1-3-10(16)11(17)5-8/h1-6H,7H2,(H2,19,20,21). The Balaban J connectivity index is 1.94. The van der Waals surface area contributed by atoms with Crippen LogP contribution in [0.5, 0.6) is 0 Å². The summed E-state index contributed by atoms with van der Waals surface area (Å²) in [7, 11) is 0. The third-order valence-electron chi connectivity index (χ3n) is 2.62. The second-order valence-electron chi connectivity index (χ2n) is 4.18. The summed E-state index contributed by atoms with van der Waals surface area (Å²) >= 11 is 3.10. The molecule has 2 amide bonds. The van der Waals surface area contributed by atoms with Gasteiger partial charge in [-0.25, -0.2) is 18.0 Å². The van der Waals surface area contributed by atoms with Gasteiger partial charge in [0, 0.05) is 11.0 Å². The summed E-state index contributed by atoms with van der Waals surface area (Å²) < 4.78 is 39.8. The van der Waals surface area contributed by atoms with E-state index in [-0.39, 0.29) is 12.2 Å². The average Bonchev–Trinajstić information content (AvgIpc) is 2.43. The third-order valence-corrected chi connectivity index (χ3v) is 3.11. The van der Waals surface area contributed by atoms with E-state index < -0.39 is 23.5 Å². The first-order chi connectivity index (χ1) is 9.95. The number of hydrogen-bond donors (Lipinski definition) is 2. The fraction of sp³-hybridized carbons (Fsp3) is 0.0714. The second kappa shape index (κ2) is 6.62. The van der Waals surface area contributed by atoms with Crippen molar-refractivity contribution in [2.24, 2.45) is 0 Å². The van der Waals surface area contributed by atoms with E-state index in [0.29, 0.717) is 10.0 Å². The largest absolute Gasteiger partial charge is 0.334 e. The van der Waals surface area contributed by atoms with Crippen molar-refractivity contribution in [3.8, 4) is 0 Å². The molecule has 0 unspecified atom stereocenters. The molecular weight excluding hydrogens is 349 g/mol. The number of carbonyl (C=O) groups is 1. The SMILES string of the molecule is O=C(NCc1ccc(F)c(F)c1)Nc1ccc(Br)cc1F. The van der Waals surface area contributed by atoms with Crippen molar-refractivity contribution in [1.82, 2.24) is 5.32 Å². The second-order valence-corrected chi connectivity index (χ2v) is 5.10. The molecule has 7 heteroatoms. The van der Waals surface area contributed by atoms with Crippen molar-refractivity contribution in [1.29, 1.82) is 0 Å². The molecule has 0 radical (unpaired) electrons. The Hall–Kier alpha value is -2.02. The number of anilines is 1. The minimum absolute atomic E-state index is 0.0127. The van der Waals surface area contributed by atoms with Gasteiger partial charge in [-0.3, -0.25) is 0 Å². The molecular formula is C14H10BrF3N2O. The van der Waals surface area contributed by atoms with Crippen LogP contribution in [0, 0.1) is 17.5 Å². The van der Waals surface area contributed by atoms with Crippen LogP contribution in [0.2, 0.25) is 0 Å². The van der Waals surface area contributed by atoms with Crippen LogP contribution >= 0.6 is 15.9 Å². The molecule has 0 heterocycles. The molecule has 0 spiro atoms. The highest BCUT2D eigenvalue weighted by atomic mass is 79.9. The summed E-state index contributed by atoms with van der Waals surface area (Å²) in [6.07, 6.45) is 0. The number of rotatable bonds is 3. The van der Waals surface area contributed by atoms with Crippen molar-refractivity contribution in [3.63, 3.8) is 0 Å². The Morgan fingerprint density at radius 1 is 1.00 bits per heavy atom. The molecule has 2 N–H and O–H groups in total. The van der Waals surface area contributed by atoms with Crippen LogP contribution in [-0.2, 0) is 6.54 Å². The highest BCUT2D eigenvalue weighted by Gasteiger charge is 2.08. The molecule has 0 saturated heterocycles. The van der Waals surface area contributed by atoms with Gasteiger partial charge in [-0.1, -0.05) is 22.0 Å². The Kier molecular flexibility index (Phi) is 4.85. The lowest BCUT2D eigenvalue weighted by atomic mass is 10.2. The molecule has 110 valence electrons. The number of nitrogens with one attached hydrogen (secondary N) is 2. The summed E-state index contributed by atoms with van der Waals surface area (Å²) in [5, 5.41) is 4.74. The molecule has 0 fully saturated rings. The van der Waals surface area contributed by atoms with Crippen molar-refractivity contribution >= 4 is 27.6 Å². The van der Waals surface area contributed by atoms with E-state index >= 15 is 0 Å². The van der Waals surface area contributed by atoms with Gasteiger partial charge in [-0.2, -0.15) is 0 Å². The van der Waals surface area contributed by atoms with Gasteiger partial charge in [0.15, 0.2) is 11.6 Å². The van der Waals surface area contributed by atoms with Crippen molar-refractivity contribution in [2.75, 3.05) is 5.32 Å². The van der Waals surface area contributed by atoms with Crippen LogP contribution in [0.15, 0.2) is 40.9 Å². The van der Waals surface area contributed by atoms with Gasteiger partial charge in [-0.15, -0.1) is 0 Å². The summed E-state index contributed by atoms with van der Waals surface area (Å²) in [5.74, 6) is -2.54. The monoisotopic (exact) mass is 358 g/mol. The van der Waals surface area contributed by atoms with Gasteiger partial charge in [-0.05, 0) is 35.9 Å². The minimum Gasteiger partial charge on any atom is -0.334 e. The maximum Gasteiger partial charge on any atom is 0.319 e. The highest BCUT2D eigenvalue weighted by molar-refractivity contribution is 9.10. The number of urea groups is 1. The quantitative estimate of drug-likeness (QED) is 0.848. The van der Waals surface area contributed by atoms with Gasteiger partial charge >= 0.3 is 6.03 Å². The Bertz CT molecular complexity index is 679. The topological polar surface area (TPSA) is 41.1 Å². The van der Waals surface area contributed by atoms with Gasteiger partial charge < -0.3 is 10.6 Å². The first-order valence-electron chi connectivity index (χ1n) is 5.89. The van der Waals surface area contributed by atoms with Crippen LogP contribution in [0.3, 0.4) is 0 Å². The molecule has 0 atom stereocenters. The lowest BCUT2D eigenvalue weighted by Gasteiger charge is -2.09. The van der Waals surface area contributed by atoms with Crippen LogP contribution < -0.4 is 10.6 Å². The number of carbonyl (C=O) groups excluding carboxylic acids is 1. The lowest BCUT2D eigenvalue weighted by Crippen LogP contribution is -2.28. The van der Waals surface area contributed by atoms with Crippen molar-refractivity contribution in [2.45, 2.75) is 6.54 Å². The van der Waals surface area contributed by atoms with E-state index in [1.807, 2.05) is 0 Å². The fourth-order valence-corrected chi connectivity index (χ4v) is 1.92. The van der Waals surface area contributed by atoms with E-state index in [9.17, 15) is 18.0 Å². The van der Waals surface area contributed by atoms with E-state index in [1.165, 1.54) is 18.2 Å². The van der Waals surface area contributed by atoms with Gasteiger partial charge in [0.1, 0.15) is 5.82 Å². The number of halogens is 4. The number of amides is 2. The summed E-state index contributed by atoms with van der Waals surface area (Å²) in [6, 6.07) is 6.84. The third kappa shape index (κ3) is 4.22. The summed E-state index contributed by atoms with van der Waals surface area (Å²) in [4.78, 5) is 11.6. The minimum atomic E-state index is -0.992. The van der Waals surface area contributed by atoms with E-state index in [0.717, 1.165) is 12.1 Å². The van der Waals surface area contributed by atoms with Crippen LogP contribution in [-0.4, -0.2) is 6.03 Å². The molecule has 2 aromatic rings. The number of benzene rings is 2. The van der Waals surface area contributed by atoms with Crippen LogP contribution in [0.4, 0.5) is 23.7 Å². The predicted octanol–water partition coefficient (Wildman–Crippen LogP) is 4.19. The smallest absolute Gasteiger partial charge is 0.319 e. The van der Waals surface area contributed by atoms with Crippen LogP contribution in [0.1, 0.15) is 5.56 Å². The van der Waals surface area contributed by atoms with E-state index in [2.05, 4.69) is 26.6 Å². The molecule has 21 heavy (non-hydrogen) atoms. The fourth-order valence-electron chi connectivity index (χ4n) is 1.59. The first-order valence-corrected chi connectivity index (χ1v) is 6.69. The summed E-state index contributed by atoms with van der Waals surface area (Å²) in [5.41, 5.74) is 0.404. The zero-order chi connectivity index (χ0) is 15.4. The first kappa shape index (κ1) is 15.4. The van der Waals surface area contributed by atoms with Crippen LogP contribution in [0.25, 0.3) is 0 Å². The normalized spacial score (nSPS) is 10.3. The Morgan fingerprint density at radius 3 is 2.43 bits per heavy atom. The molecule has 2 aromatic carbocycles. The highest BCUT2D eigenvalue weighted by Crippen LogP contribution is 2.19. The molecule has 0 aliphatic heterocycles. The zero-order valence-electron chi connectivity index (χ0n) is 10.6. The van der Waals surface area contributed by atoms with Crippen molar-refractivity contribution < 1.29 is 18.0 Å². The molecule has 0 saturated carbocycles. The van der Waals surface area contributed by atoms with Gasteiger partial charge in [0.25, 0.3) is 0 Å². The molecule has 0 aliphatic carbocycles. The molecule has 0 aromatic heterocycles. The van der Waals surface area contributed by atoms with Gasteiger partial charge in [0.05, 0.1) is 5.69 Å². The Morgan fingerprint density at radius 2 is 1.76 bits per heavy atom. The summed E-state index contributed by atoms with van der Waals surface area (Å²) in [6.45, 7) is -0.0127. The molecule has 3 nitrogen and oxygen atoms in total. The van der Waals surface area contributed by atoms with Crippen molar-refractivity contribution in [3.05, 3.63) is 63.9 Å². The maximum absolute atomic E-state index is 13.5. The number of hydrogen-bond acceptors (Lipinski definition) is 1. The molecule has 0 aliphatic rings. The zero-order valence-corrected chi connectivity index (χ0v) is 12.2. The predicted molar refractivity (Wildman–Crippen MR) is 76.3 cm³/mol. The Labute approximate surface area is 127 Å². The average molecular weight is 359 g/mol. The maximum atomic E-state index is 13.5. The van der Waals surface area contributed by atoms with E-state index in [4.69, 9.17) is 0 Å². The van der Waals surface area contributed by atoms with E-state index in [1.54, 1.807) is 6.07 Å². The molecule has 0 bridgehead atoms. The molecule has 2 rings (SSSR count). The lowest BCUT2D eigenvalue weighted by molar-refractivity contribution is 0.251. The van der Waals surface area contributed by atoms with Gasteiger partial charge in [0.2, 0.25) is 0 Å².